The SMILES string of the molecule is C=CSCCOC(C)C. The molecule has 0 aromatic rings. The summed E-state index contributed by atoms with van der Waals surface area (Å²) < 4.78 is 5.28. The van der Waals surface area contributed by atoms with Crippen LogP contribution in [-0.4, -0.2) is 18.5 Å². The van der Waals surface area contributed by atoms with Gasteiger partial charge in [0.05, 0.1) is 12.7 Å². The lowest BCUT2D eigenvalue weighted by molar-refractivity contribution is 0.0921. The highest BCUT2D eigenvalue weighted by Gasteiger charge is 1.90. The zero-order chi connectivity index (χ0) is 7.11. The molecule has 0 radical (unpaired) electrons. The molecule has 1 nitrogen and oxygen atoms in total. The molecule has 0 saturated heterocycles. The molecule has 0 atom stereocenters. The van der Waals surface area contributed by atoms with Gasteiger partial charge in [-0.3, -0.25) is 0 Å². The first-order chi connectivity index (χ1) is 4.27. The van der Waals surface area contributed by atoms with Crippen LogP contribution < -0.4 is 0 Å². The Hall–Kier alpha value is 0.0500. The standard InChI is InChI=1S/C7H14OS/c1-4-9-6-5-8-7(2)3/h4,7H,1,5-6H2,2-3H3. The third-order valence-electron chi connectivity index (χ3n) is 0.770. The quantitative estimate of drug-likeness (QED) is 0.550. The van der Waals surface area contributed by atoms with Crippen LogP contribution in [0.2, 0.25) is 0 Å². The van der Waals surface area contributed by atoms with Gasteiger partial charge >= 0.3 is 0 Å². The summed E-state index contributed by atoms with van der Waals surface area (Å²) >= 11 is 1.69. The second-order valence-electron chi connectivity index (χ2n) is 1.96. The number of hydrogen-bond donors (Lipinski definition) is 0. The molecule has 0 N–H and O–H groups in total. The Kier molecular flexibility index (Phi) is 6.21. The van der Waals surface area contributed by atoms with Crippen LogP contribution in [0.3, 0.4) is 0 Å². The normalized spacial score (nSPS) is 10.1. The van der Waals surface area contributed by atoms with Gasteiger partial charge in [0.2, 0.25) is 0 Å². The molecule has 0 aliphatic rings. The van der Waals surface area contributed by atoms with Crippen molar-refractivity contribution in [3.63, 3.8) is 0 Å². The molecular weight excluding hydrogens is 132 g/mol. The van der Waals surface area contributed by atoms with E-state index in [1.54, 1.807) is 11.8 Å². The first kappa shape index (κ1) is 9.05. The van der Waals surface area contributed by atoms with E-state index in [9.17, 15) is 0 Å². The van der Waals surface area contributed by atoms with Crippen molar-refractivity contribution in [2.75, 3.05) is 12.4 Å². The molecule has 54 valence electrons. The fourth-order valence-corrected chi connectivity index (χ4v) is 0.774. The van der Waals surface area contributed by atoms with Gasteiger partial charge in [0.15, 0.2) is 0 Å². The van der Waals surface area contributed by atoms with Gasteiger partial charge in [-0.25, -0.2) is 0 Å². The second-order valence-corrected chi connectivity index (χ2v) is 3.03. The number of thioether (sulfide) groups is 1. The maximum Gasteiger partial charge on any atom is 0.0563 e. The number of hydrogen-bond acceptors (Lipinski definition) is 2. The average Bonchev–Trinajstić information content (AvgIpc) is 1.80. The minimum atomic E-state index is 0.357. The third-order valence-corrected chi connectivity index (χ3v) is 1.41. The van der Waals surface area contributed by atoms with Crippen LogP contribution in [0, 0.1) is 0 Å². The minimum Gasteiger partial charge on any atom is -0.378 e. The Morgan fingerprint density at radius 2 is 2.33 bits per heavy atom. The van der Waals surface area contributed by atoms with Gasteiger partial charge in [-0.1, -0.05) is 6.58 Å². The fourth-order valence-electron chi connectivity index (χ4n) is 0.415. The molecule has 0 bridgehead atoms. The smallest absolute Gasteiger partial charge is 0.0563 e. The van der Waals surface area contributed by atoms with E-state index < -0.39 is 0 Å². The Bertz CT molecular complexity index is 71.3. The first-order valence-corrected chi connectivity index (χ1v) is 4.16. The van der Waals surface area contributed by atoms with Crippen LogP contribution in [-0.2, 0) is 4.74 Å². The molecule has 0 heterocycles. The molecule has 2 heteroatoms. The molecule has 0 rings (SSSR count). The van der Waals surface area contributed by atoms with E-state index in [1.165, 1.54) is 0 Å². The molecule has 0 aliphatic heterocycles. The van der Waals surface area contributed by atoms with E-state index in [4.69, 9.17) is 4.74 Å². The van der Waals surface area contributed by atoms with E-state index in [-0.39, 0.29) is 0 Å². The predicted octanol–water partition coefficient (Wildman–Crippen LogP) is 2.29. The van der Waals surface area contributed by atoms with E-state index >= 15 is 0 Å². The van der Waals surface area contributed by atoms with E-state index in [1.807, 2.05) is 19.3 Å². The Morgan fingerprint density at radius 3 is 2.78 bits per heavy atom. The van der Waals surface area contributed by atoms with Crippen molar-refractivity contribution >= 4 is 11.8 Å². The lowest BCUT2D eigenvalue weighted by atomic mass is 10.5. The minimum absolute atomic E-state index is 0.357. The molecule has 0 aromatic carbocycles. The fraction of sp³-hybridized carbons (Fsp3) is 0.714. The first-order valence-electron chi connectivity index (χ1n) is 3.11. The molecule has 9 heavy (non-hydrogen) atoms. The molecule has 0 saturated carbocycles. The van der Waals surface area contributed by atoms with Crippen molar-refractivity contribution in [3.05, 3.63) is 12.0 Å². The van der Waals surface area contributed by atoms with Crippen molar-refractivity contribution in [3.8, 4) is 0 Å². The summed E-state index contributed by atoms with van der Waals surface area (Å²) in [6.45, 7) is 8.49. The van der Waals surface area contributed by atoms with Crippen LogP contribution in [0.1, 0.15) is 13.8 Å². The summed E-state index contributed by atoms with van der Waals surface area (Å²) in [6.07, 6.45) is 0.357. The maximum absolute atomic E-state index is 5.28. The Morgan fingerprint density at radius 1 is 1.67 bits per heavy atom. The zero-order valence-corrected chi connectivity index (χ0v) is 6.91. The maximum atomic E-state index is 5.28. The summed E-state index contributed by atoms with van der Waals surface area (Å²) in [4.78, 5) is 0. The zero-order valence-electron chi connectivity index (χ0n) is 6.09. The van der Waals surface area contributed by atoms with Crippen molar-refractivity contribution in [1.82, 2.24) is 0 Å². The predicted molar refractivity (Wildman–Crippen MR) is 43.7 cm³/mol. The molecule has 0 fully saturated rings. The van der Waals surface area contributed by atoms with Gasteiger partial charge in [0.25, 0.3) is 0 Å². The number of rotatable bonds is 5. The summed E-state index contributed by atoms with van der Waals surface area (Å²) in [5, 5.41) is 1.84. The molecule has 0 unspecified atom stereocenters. The van der Waals surface area contributed by atoms with Crippen LogP contribution in [0.4, 0.5) is 0 Å². The van der Waals surface area contributed by atoms with Crippen LogP contribution >= 0.6 is 11.8 Å². The van der Waals surface area contributed by atoms with Gasteiger partial charge in [-0.2, -0.15) is 0 Å². The van der Waals surface area contributed by atoms with E-state index in [0.29, 0.717) is 6.10 Å². The number of ether oxygens (including phenoxy) is 1. The molecule has 0 aliphatic carbocycles. The topological polar surface area (TPSA) is 9.23 Å². The summed E-state index contributed by atoms with van der Waals surface area (Å²) in [5.41, 5.74) is 0. The lowest BCUT2D eigenvalue weighted by Crippen LogP contribution is -2.04. The van der Waals surface area contributed by atoms with Crippen molar-refractivity contribution in [1.29, 1.82) is 0 Å². The van der Waals surface area contributed by atoms with E-state index in [0.717, 1.165) is 12.4 Å². The van der Waals surface area contributed by atoms with Gasteiger partial charge in [-0.05, 0) is 19.3 Å². The highest BCUT2D eigenvalue weighted by molar-refractivity contribution is 8.02. The monoisotopic (exact) mass is 146 g/mol. The highest BCUT2D eigenvalue weighted by atomic mass is 32.2. The van der Waals surface area contributed by atoms with Crippen molar-refractivity contribution in [2.45, 2.75) is 20.0 Å². The molecule has 0 amide bonds. The Labute approximate surface area is 61.5 Å². The van der Waals surface area contributed by atoms with Crippen molar-refractivity contribution < 1.29 is 4.74 Å². The van der Waals surface area contributed by atoms with E-state index in [2.05, 4.69) is 6.58 Å². The van der Waals surface area contributed by atoms with Crippen LogP contribution in [0.15, 0.2) is 12.0 Å². The van der Waals surface area contributed by atoms with Crippen molar-refractivity contribution in [2.24, 2.45) is 0 Å². The van der Waals surface area contributed by atoms with Gasteiger partial charge in [0.1, 0.15) is 0 Å². The molecular formula is C7H14OS. The highest BCUT2D eigenvalue weighted by Crippen LogP contribution is 1.99. The molecule has 0 aromatic heterocycles. The summed E-state index contributed by atoms with van der Waals surface area (Å²) in [7, 11) is 0. The molecule has 0 spiro atoms. The van der Waals surface area contributed by atoms with Crippen LogP contribution in [0.5, 0.6) is 0 Å². The van der Waals surface area contributed by atoms with Crippen LogP contribution in [0.25, 0.3) is 0 Å². The summed E-state index contributed by atoms with van der Waals surface area (Å²) in [5.74, 6) is 1.02. The van der Waals surface area contributed by atoms with Gasteiger partial charge in [0, 0.05) is 5.75 Å². The lowest BCUT2D eigenvalue weighted by Gasteiger charge is -2.04. The van der Waals surface area contributed by atoms with Gasteiger partial charge in [-0.15, -0.1) is 11.8 Å². The third kappa shape index (κ3) is 8.05. The second kappa shape index (κ2) is 6.17. The summed E-state index contributed by atoms with van der Waals surface area (Å²) in [6, 6.07) is 0. The average molecular weight is 146 g/mol. The largest absolute Gasteiger partial charge is 0.378 e. The van der Waals surface area contributed by atoms with Gasteiger partial charge < -0.3 is 4.74 Å². The Balaban J connectivity index is 2.82.